The molecule has 0 spiro atoms. The Morgan fingerprint density at radius 3 is 2.77 bits per heavy atom. The van der Waals surface area contributed by atoms with Crippen LogP contribution < -0.4 is 10.6 Å². The summed E-state index contributed by atoms with van der Waals surface area (Å²) in [6, 6.07) is 11.9. The highest BCUT2D eigenvalue weighted by Gasteiger charge is 2.24. The van der Waals surface area contributed by atoms with Crippen molar-refractivity contribution < 1.29 is 14.7 Å². The lowest BCUT2D eigenvalue weighted by Crippen LogP contribution is -2.05. The summed E-state index contributed by atoms with van der Waals surface area (Å²) in [4.78, 5) is 23.3. The third-order valence-electron chi connectivity index (χ3n) is 3.30. The molecular weight excluding hydrogens is 280 g/mol. The molecule has 1 aliphatic rings. The van der Waals surface area contributed by atoms with Crippen molar-refractivity contribution >= 4 is 34.8 Å². The standard InChI is InChI=1S/C17H14N2O3/c1-10(20)18-12-5-6-16-14(9-12)15(17(22)19-16)8-11-3-2-4-13(21)7-11/h2-9,21H,1H3,(H,18,20)(H,19,22). The van der Waals surface area contributed by atoms with Gasteiger partial charge in [-0.1, -0.05) is 12.1 Å². The van der Waals surface area contributed by atoms with Gasteiger partial charge in [-0.25, -0.2) is 0 Å². The van der Waals surface area contributed by atoms with Crippen LogP contribution in [0.5, 0.6) is 5.75 Å². The molecule has 1 aliphatic heterocycles. The van der Waals surface area contributed by atoms with Crippen molar-refractivity contribution in [2.45, 2.75) is 6.92 Å². The summed E-state index contributed by atoms with van der Waals surface area (Å²) in [7, 11) is 0. The summed E-state index contributed by atoms with van der Waals surface area (Å²) >= 11 is 0. The van der Waals surface area contributed by atoms with Crippen molar-refractivity contribution in [1.29, 1.82) is 0 Å². The average Bonchev–Trinajstić information content (AvgIpc) is 2.75. The van der Waals surface area contributed by atoms with Gasteiger partial charge in [0.15, 0.2) is 0 Å². The molecule has 0 aromatic heterocycles. The molecule has 0 atom stereocenters. The van der Waals surface area contributed by atoms with Crippen molar-refractivity contribution in [1.82, 2.24) is 0 Å². The molecule has 0 saturated carbocycles. The molecule has 3 rings (SSSR count). The van der Waals surface area contributed by atoms with E-state index in [1.165, 1.54) is 6.92 Å². The summed E-state index contributed by atoms with van der Waals surface area (Å²) in [5.41, 5.74) is 3.27. The molecule has 22 heavy (non-hydrogen) atoms. The van der Waals surface area contributed by atoms with Gasteiger partial charge < -0.3 is 15.7 Å². The minimum atomic E-state index is -0.210. The molecule has 2 aromatic rings. The van der Waals surface area contributed by atoms with E-state index in [0.29, 0.717) is 16.9 Å². The van der Waals surface area contributed by atoms with E-state index >= 15 is 0 Å². The van der Waals surface area contributed by atoms with Gasteiger partial charge in [0.2, 0.25) is 5.91 Å². The fourth-order valence-corrected chi connectivity index (χ4v) is 2.39. The second-order valence-corrected chi connectivity index (χ2v) is 5.05. The summed E-state index contributed by atoms with van der Waals surface area (Å²) in [5, 5.41) is 15.0. The highest BCUT2D eigenvalue weighted by atomic mass is 16.3. The van der Waals surface area contributed by atoms with E-state index in [1.54, 1.807) is 48.5 Å². The molecule has 1 heterocycles. The summed E-state index contributed by atoms with van der Waals surface area (Å²) in [5.74, 6) is -0.242. The maximum Gasteiger partial charge on any atom is 0.256 e. The highest BCUT2D eigenvalue weighted by molar-refractivity contribution is 6.35. The van der Waals surface area contributed by atoms with Gasteiger partial charge in [0.05, 0.1) is 0 Å². The van der Waals surface area contributed by atoms with Crippen LogP contribution >= 0.6 is 0 Å². The number of phenols is 1. The van der Waals surface area contributed by atoms with E-state index in [4.69, 9.17) is 0 Å². The number of hydrogen-bond donors (Lipinski definition) is 3. The molecule has 0 aliphatic carbocycles. The first-order valence-electron chi connectivity index (χ1n) is 6.77. The molecule has 0 fully saturated rings. The van der Waals surface area contributed by atoms with Crippen LogP contribution in [0.3, 0.4) is 0 Å². The van der Waals surface area contributed by atoms with Gasteiger partial charge in [-0.2, -0.15) is 0 Å². The van der Waals surface area contributed by atoms with Crippen molar-refractivity contribution in [3.8, 4) is 5.75 Å². The molecular formula is C17H14N2O3. The number of rotatable bonds is 2. The van der Waals surface area contributed by atoms with Crippen LogP contribution in [0, 0.1) is 0 Å². The monoisotopic (exact) mass is 294 g/mol. The molecule has 0 unspecified atom stereocenters. The Morgan fingerprint density at radius 1 is 1.23 bits per heavy atom. The Morgan fingerprint density at radius 2 is 2.05 bits per heavy atom. The zero-order valence-corrected chi connectivity index (χ0v) is 11.9. The molecule has 5 heteroatoms. The Hall–Kier alpha value is -3.08. The van der Waals surface area contributed by atoms with Crippen LogP contribution in [-0.4, -0.2) is 16.9 Å². The number of anilines is 2. The number of benzene rings is 2. The van der Waals surface area contributed by atoms with Gasteiger partial charge in [-0.05, 0) is 42.0 Å². The van der Waals surface area contributed by atoms with Crippen LogP contribution in [0.25, 0.3) is 11.6 Å². The van der Waals surface area contributed by atoms with Crippen LogP contribution in [0.4, 0.5) is 11.4 Å². The number of carbonyl (C=O) groups excluding carboxylic acids is 2. The Balaban J connectivity index is 2.04. The van der Waals surface area contributed by atoms with Crippen molar-refractivity contribution in [2.24, 2.45) is 0 Å². The zero-order chi connectivity index (χ0) is 15.7. The summed E-state index contributed by atoms with van der Waals surface area (Å²) in [6.45, 7) is 1.43. The minimum Gasteiger partial charge on any atom is -0.508 e. The average molecular weight is 294 g/mol. The van der Waals surface area contributed by atoms with Crippen molar-refractivity contribution in [3.05, 3.63) is 53.6 Å². The first kappa shape index (κ1) is 13.9. The van der Waals surface area contributed by atoms with Crippen LogP contribution in [0.15, 0.2) is 42.5 Å². The zero-order valence-electron chi connectivity index (χ0n) is 11.9. The van der Waals surface area contributed by atoms with Gasteiger partial charge in [0, 0.05) is 29.4 Å². The van der Waals surface area contributed by atoms with Crippen LogP contribution in [0.2, 0.25) is 0 Å². The lowest BCUT2D eigenvalue weighted by atomic mass is 10.0. The van der Waals surface area contributed by atoms with Crippen molar-refractivity contribution in [2.75, 3.05) is 10.6 Å². The lowest BCUT2D eigenvalue weighted by Gasteiger charge is -2.05. The number of phenolic OH excluding ortho intramolecular Hbond substituents is 1. The number of carbonyl (C=O) groups is 2. The smallest absolute Gasteiger partial charge is 0.256 e. The third-order valence-corrected chi connectivity index (χ3v) is 3.30. The minimum absolute atomic E-state index is 0.139. The van der Waals surface area contributed by atoms with Gasteiger partial charge >= 0.3 is 0 Å². The fraction of sp³-hybridized carbons (Fsp3) is 0.0588. The number of aromatic hydroxyl groups is 1. The molecule has 2 aromatic carbocycles. The maximum absolute atomic E-state index is 12.1. The number of hydrogen-bond acceptors (Lipinski definition) is 3. The molecule has 0 bridgehead atoms. The molecule has 0 saturated heterocycles. The third kappa shape index (κ3) is 2.69. The SMILES string of the molecule is CC(=O)Nc1ccc2c(c1)C(=Cc1cccc(O)c1)C(=O)N2. The van der Waals surface area contributed by atoms with E-state index in [1.807, 2.05) is 0 Å². The van der Waals surface area contributed by atoms with E-state index < -0.39 is 0 Å². The molecule has 3 N–H and O–H groups in total. The van der Waals surface area contributed by atoms with Gasteiger partial charge in [0.25, 0.3) is 5.91 Å². The second-order valence-electron chi connectivity index (χ2n) is 5.05. The predicted octanol–water partition coefficient (Wildman–Crippen LogP) is 2.84. The Kier molecular flexibility index (Phi) is 3.39. The van der Waals surface area contributed by atoms with E-state index in [-0.39, 0.29) is 17.6 Å². The normalized spacial score (nSPS) is 14.6. The van der Waals surface area contributed by atoms with E-state index in [9.17, 15) is 14.7 Å². The van der Waals surface area contributed by atoms with Crippen LogP contribution in [0.1, 0.15) is 18.1 Å². The highest BCUT2D eigenvalue weighted by Crippen LogP contribution is 2.35. The maximum atomic E-state index is 12.1. The Labute approximate surface area is 127 Å². The molecule has 5 nitrogen and oxygen atoms in total. The Bertz CT molecular complexity index is 809. The predicted molar refractivity (Wildman–Crippen MR) is 85.4 cm³/mol. The number of fused-ring (bicyclic) bond motifs is 1. The van der Waals surface area contributed by atoms with Gasteiger partial charge in [0.1, 0.15) is 5.75 Å². The van der Waals surface area contributed by atoms with E-state index in [2.05, 4.69) is 10.6 Å². The van der Waals surface area contributed by atoms with Crippen molar-refractivity contribution in [3.63, 3.8) is 0 Å². The summed E-state index contributed by atoms with van der Waals surface area (Å²) < 4.78 is 0. The van der Waals surface area contributed by atoms with Gasteiger partial charge in [-0.15, -0.1) is 0 Å². The van der Waals surface area contributed by atoms with Crippen LogP contribution in [-0.2, 0) is 9.59 Å². The fourth-order valence-electron chi connectivity index (χ4n) is 2.39. The lowest BCUT2D eigenvalue weighted by molar-refractivity contribution is -0.114. The first-order valence-corrected chi connectivity index (χ1v) is 6.77. The molecule has 2 amide bonds. The summed E-state index contributed by atoms with van der Waals surface area (Å²) in [6.07, 6.45) is 1.71. The largest absolute Gasteiger partial charge is 0.508 e. The molecule has 110 valence electrons. The molecule has 0 radical (unpaired) electrons. The second kappa shape index (κ2) is 5.37. The number of nitrogens with one attached hydrogen (secondary N) is 2. The first-order chi connectivity index (χ1) is 10.5. The van der Waals surface area contributed by atoms with Gasteiger partial charge in [-0.3, -0.25) is 9.59 Å². The van der Waals surface area contributed by atoms with E-state index in [0.717, 1.165) is 11.1 Å². The number of amides is 2. The topological polar surface area (TPSA) is 78.4 Å². The quantitative estimate of drug-likeness (QED) is 0.745.